The van der Waals surface area contributed by atoms with Crippen molar-refractivity contribution in [1.29, 1.82) is 0 Å². The molecule has 0 fully saturated rings. The number of rotatable bonds is 4. The fourth-order valence-corrected chi connectivity index (χ4v) is 1.28. The maximum Gasteiger partial charge on any atom is 0.419 e. The van der Waals surface area contributed by atoms with Crippen molar-refractivity contribution < 1.29 is 17.9 Å². The van der Waals surface area contributed by atoms with E-state index in [0.717, 1.165) is 6.07 Å². The lowest BCUT2D eigenvalue weighted by Gasteiger charge is -2.19. The van der Waals surface area contributed by atoms with Crippen molar-refractivity contribution in [3.63, 3.8) is 0 Å². The second kappa shape index (κ2) is 6.71. The number of halogens is 4. The number of hydrogen-bond acceptors (Lipinski definition) is 2. The van der Waals surface area contributed by atoms with Gasteiger partial charge in [-0.15, -0.1) is 12.4 Å². The van der Waals surface area contributed by atoms with Crippen LogP contribution in [-0.2, 0) is 6.18 Å². The van der Waals surface area contributed by atoms with Crippen LogP contribution in [0.25, 0.3) is 0 Å². The van der Waals surface area contributed by atoms with Gasteiger partial charge in [-0.2, -0.15) is 13.2 Å². The molecule has 1 rings (SSSR count). The molecule has 0 saturated heterocycles. The molecule has 0 aliphatic heterocycles. The van der Waals surface area contributed by atoms with Crippen LogP contribution in [0.15, 0.2) is 24.3 Å². The number of nitrogens with two attached hydrogens (primary N) is 1. The Morgan fingerprint density at radius 1 is 1.29 bits per heavy atom. The Morgan fingerprint density at radius 2 is 1.88 bits per heavy atom. The van der Waals surface area contributed by atoms with Crippen LogP contribution >= 0.6 is 12.4 Å². The van der Waals surface area contributed by atoms with Gasteiger partial charge < -0.3 is 10.5 Å². The van der Waals surface area contributed by atoms with E-state index in [1.807, 2.05) is 6.92 Å². The highest BCUT2D eigenvalue weighted by Gasteiger charge is 2.34. The van der Waals surface area contributed by atoms with Crippen molar-refractivity contribution in [3.8, 4) is 5.75 Å². The van der Waals surface area contributed by atoms with Gasteiger partial charge in [0.05, 0.1) is 5.56 Å². The van der Waals surface area contributed by atoms with Crippen LogP contribution in [0, 0.1) is 0 Å². The summed E-state index contributed by atoms with van der Waals surface area (Å²) in [7, 11) is 0. The molecular weight excluding hydrogens is 255 g/mol. The Bertz CT molecular complexity index is 340. The van der Waals surface area contributed by atoms with E-state index in [4.69, 9.17) is 10.5 Å². The van der Waals surface area contributed by atoms with Crippen molar-refractivity contribution >= 4 is 12.4 Å². The quantitative estimate of drug-likeness (QED) is 0.911. The predicted molar refractivity (Wildman–Crippen MR) is 62.5 cm³/mol. The summed E-state index contributed by atoms with van der Waals surface area (Å²) in [6.07, 6.45) is -4.21. The average molecular weight is 270 g/mol. The van der Waals surface area contributed by atoms with E-state index in [0.29, 0.717) is 6.42 Å². The third-order valence-electron chi connectivity index (χ3n) is 2.20. The number of benzene rings is 1. The Balaban J connectivity index is 0.00000256. The van der Waals surface area contributed by atoms with E-state index in [-0.39, 0.29) is 30.8 Å². The number of alkyl halides is 3. The van der Waals surface area contributed by atoms with Crippen LogP contribution < -0.4 is 10.5 Å². The maximum absolute atomic E-state index is 12.6. The highest BCUT2D eigenvalue weighted by atomic mass is 35.5. The molecule has 0 saturated carbocycles. The molecule has 0 amide bonds. The van der Waals surface area contributed by atoms with Gasteiger partial charge in [0, 0.05) is 6.54 Å². The third kappa shape index (κ3) is 4.44. The topological polar surface area (TPSA) is 35.2 Å². The molecule has 0 bridgehead atoms. The minimum atomic E-state index is -4.40. The van der Waals surface area contributed by atoms with Gasteiger partial charge in [0.2, 0.25) is 0 Å². The fraction of sp³-hybridized carbons (Fsp3) is 0.455. The van der Waals surface area contributed by atoms with Gasteiger partial charge in [-0.3, -0.25) is 0 Å². The Labute approximate surface area is 104 Å². The van der Waals surface area contributed by atoms with Crippen molar-refractivity contribution in [2.75, 3.05) is 6.54 Å². The summed E-state index contributed by atoms with van der Waals surface area (Å²) in [5, 5.41) is 0. The zero-order valence-corrected chi connectivity index (χ0v) is 10.1. The van der Waals surface area contributed by atoms with E-state index in [1.54, 1.807) is 0 Å². The molecule has 1 atom stereocenters. The fourth-order valence-electron chi connectivity index (χ4n) is 1.28. The molecule has 2 nitrogen and oxygen atoms in total. The summed E-state index contributed by atoms with van der Waals surface area (Å²) in [5.41, 5.74) is 4.62. The first kappa shape index (κ1) is 16.1. The van der Waals surface area contributed by atoms with Crippen LogP contribution in [0.5, 0.6) is 5.75 Å². The lowest BCUT2D eigenvalue weighted by atomic mass is 10.2. The largest absolute Gasteiger partial charge is 0.488 e. The molecular formula is C11H15ClF3NO. The molecule has 1 aromatic rings. The summed E-state index contributed by atoms with van der Waals surface area (Å²) in [6, 6.07) is 5.15. The minimum Gasteiger partial charge on any atom is -0.488 e. The van der Waals surface area contributed by atoms with Gasteiger partial charge in [-0.1, -0.05) is 19.1 Å². The maximum atomic E-state index is 12.6. The molecule has 2 N–H and O–H groups in total. The van der Waals surface area contributed by atoms with Crippen molar-refractivity contribution in [3.05, 3.63) is 29.8 Å². The van der Waals surface area contributed by atoms with Crippen molar-refractivity contribution in [2.24, 2.45) is 5.73 Å². The van der Waals surface area contributed by atoms with Crippen LogP contribution in [-0.4, -0.2) is 12.6 Å². The first-order chi connectivity index (χ1) is 7.49. The lowest BCUT2D eigenvalue weighted by molar-refractivity contribution is -0.139. The van der Waals surface area contributed by atoms with Crippen molar-refractivity contribution in [2.45, 2.75) is 25.6 Å². The summed E-state index contributed by atoms with van der Waals surface area (Å²) < 4.78 is 43.0. The Kier molecular flexibility index (Phi) is 6.34. The summed E-state index contributed by atoms with van der Waals surface area (Å²) in [4.78, 5) is 0. The van der Waals surface area contributed by atoms with Gasteiger partial charge in [0.25, 0.3) is 0 Å². The molecule has 0 aliphatic carbocycles. The normalized spacial score (nSPS) is 12.8. The average Bonchev–Trinajstić information content (AvgIpc) is 2.25. The molecule has 17 heavy (non-hydrogen) atoms. The van der Waals surface area contributed by atoms with Crippen LogP contribution in [0.1, 0.15) is 18.9 Å². The van der Waals surface area contributed by atoms with E-state index < -0.39 is 11.7 Å². The number of para-hydroxylation sites is 1. The number of hydrogen-bond donors (Lipinski definition) is 1. The van der Waals surface area contributed by atoms with Gasteiger partial charge in [-0.05, 0) is 18.6 Å². The van der Waals surface area contributed by atoms with E-state index >= 15 is 0 Å². The second-order valence-electron chi connectivity index (χ2n) is 3.38. The standard InChI is InChI=1S/C11H14F3NO.ClH/c1-2-8(7-15)16-10-6-4-3-5-9(10)11(12,13)14;/h3-6,8H,2,7,15H2,1H3;1H. The molecule has 1 unspecified atom stereocenters. The molecule has 0 heterocycles. The molecule has 0 aromatic heterocycles. The molecule has 0 radical (unpaired) electrons. The van der Waals surface area contributed by atoms with Crippen LogP contribution in [0.3, 0.4) is 0 Å². The summed E-state index contributed by atoms with van der Waals surface area (Å²) in [6.45, 7) is 2.01. The van der Waals surface area contributed by atoms with E-state index in [9.17, 15) is 13.2 Å². The van der Waals surface area contributed by atoms with Crippen LogP contribution in [0.4, 0.5) is 13.2 Å². The zero-order chi connectivity index (χ0) is 12.2. The van der Waals surface area contributed by atoms with Gasteiger partial charge in [0.1, 0.15) is 11.9 Å². The number of ether oxygens (including phenoxy) is 1. The molecule has 1 aromatic carbocycles. The van der Waals surface area contributed by atoms with Crippen LogP contribution in [0.2, 0.25) is 0 Å². The van der Waals surface area contributed by atoms with E-state index in [1.165, 1.54) is 18.2 Å². The molecule has 98 valence electrons. The van der Waals surface area contributed by atoms with Gasteiger partial charge in [-0.25, -0.2) is 0 Å². The Hall–Kier alpha value is -0.940. The molecule has 0 aliphatic rings. The first-order valence-corrected chi connectivity index (χ1v) is 5.02. The monoisotopic (exact) mass is 269 g/mol. The van der Waals surface area contributed by atoms with Crippen molar-refractivity contribution in [1.82, 2.24) is 0 Å². The summed E-state index contributed by atoms with van der Waals surface area (Å²) >= 11 is 0. The minimum absolute atomic E-state index is 0. The zero-order valence-electron chi connectivity index (χ0n) is 9.33. The summed E-state index contributed by atoms with van der Waals surface area (Å²) in [5.74, 6) is -0.160. The SMILES string of the molecule is CCC(CN)Oc1ccccc1C(F)(F)F.Cl. The molecule has 6 heteroatoms. The predicted octanol–water partition coefficient (Wildman–Crippen LogP) is 3.24. The van der Waals surface area contributed by atoms with Gasteiger partial charge >= 0.3 is 6.18 Å². The Morgan fingerprint density at radius 3 is 2.35 bits per heavy atom. The molecule has 0 spiro atoms. The second-order valence-corrected chi connectivity index (χ2v) is 3.38. The smallest absolute Gasteiger partial charge is 0.419 e. The third-order valence-corrected chi connectivity index (χ3v) is 2.20. The first-order valence-electron chi connectivity index (χ1n) is 5.02. The lowest BCUT2D eigenvalue weighted by Crippen LogP contribution is -2.26. The van der Waals surface area contributed by atoms with Gasteiger partial charge in [0.15, 0.2) is 0 Å². The highest BCUT2D eigenvalue weighted by molar-refractivity contribution is 5.85. The van der Waals surface area contributed by atoms with E-state index in [2.05, 4.69) is 0 Å². The highest BCUT2D eigenvalue weighted by Crippen LogP contribution is 2.36.